The first-order valence-corrected chi connectivity index (χ1v) is 9.62. The van der Waals surface area contributed by atoms with E-state index in [1.807, 2.05) is 0 Å². The first-order chi connectivity index (χ1) is 13.1. The highest BCUT2D eigenvalue weighted by Crippen LogP contribution is 2.23. The molecule has 7 N–H and O–H groups in total. The van der Waals surface area contributed by atoms with Crippen molar-refractivity contribution in [3.63, 3.8) is 0 Å². The van der Waals surface area contributed by atoms with Crippen LogP contribution >= 0.6 is 11.3 Å². The van der Waals surface area contributed by atoms with Crippen molar-refractivity contribution in [3.8, 4) is 6.07 Å². The first-order valence-electron chi connectivity index (χ1n) is 7.26. The van der Waals surface area contributed by atoms with Gasteiger partial charge in [0.2, 0.25) is 5.91 Å². The largest absolute Gasteiger partial charge is 0.476 e. The Morgan fingerprint density at radius 2 is 2.11 bits per heavy atom. The Morgan fingerprint density at radius 3 is 2.68 bits per heavy atom. The summed E-state index contributed by atoms with van der Waals surface area (Å²) in [5.74, 6) is -2.30. The van der Waals surface area contributed by atoms with Crippen LogP contribution in [0.4, 0.5) is 10.8 Å². The number of sulfonamides is 1. The van der Waals surface area contributed by atoms with E-state index in [9.17, 15) is 23.3 Å². The van der Waals surface area contributed by atoms with Gasteiger partial charge < -0.3 is 21.5 Å². The highest BCUT2D eigenvalue weighted by Gasteiger charge is 2.19. The van der Waals surface area contributed by atoms with Crippen LogP contribution in [0.2, 0.25) is 0 Å². The van der Waals surface area contributed by atoms with E-state index in [1.54, 1.807) is 6.07 Å². The number of nitrogens with one attached hydrogen (secondary N) is 4. The van der Waals surface area contributed by atoms with Gasteiger partial charge in [-0.05, 0) is 18.2 Å². The van der Waals surface area contributed by atoms with Crippen LogP contribution in [0.3, 0.4) is 0 Å². The molecule has 1 amide bonds. The Bertz CT molecular complexity index is 1090. The zero-order valence-corrected chi connectivity index (χ0v) is 15.5. The standard InChI is InChI=1S/C14H13N7O5S2/c15-4-7-3-8(1-2-9(7)19-11(22)5-18-13(16)17)28(25,26)21-14-20-10(6-27-14)12(23)24/h1-3,6H,5H2,(H,19,22)(H,20,21)(H,23,24)(H4,16,17,18). The zero-order valence-electron chi connectivity index (χ0n) is 13.9. The molecule has 2 aromatic rings. The summed E-state index contributed by atoms with van der Waals surface area (Å²) in [5, 5.41) is 30.8. The molecule has 2 rings (SSSR count). The fourth-order valence-corrected chi connectivity index (χ4v) is 3.82. The lowest BCUT2D eigenvalue weighted by molar-refractivity contribution is -0.115. The molecule has 1 aromatic heterocycles. The number of carbonyl (C=O) groups is 2. The first kappa shape index (κ1) is 20.6. The maximum absolute atomic E-state index is 12.4. The number of nitrogens with zero attached hydrogens (tertiary/aromatic N) is 2. The Morgan fingerprint density at radius 1 is 1.39 bits per heavy atom. The third-order valence-electron chi connectivity index (χ3n) is 3.08. The third-order valence-corrected chi connectivity index (χ3v) is 5.30. The topological polar surface area (TPSA) is 211 Å². The number of nitriles is 1. The molecular formula is C14H13N7O5S2. The molecule has 0 saturated heterocycles. The van der Waals surface area contributed by atoms with E-state index < -0.39 is 27.9 Å². The number of thiazole rings is 1. The molecule has 14 heteroatoms. The van der Waals surface area contributed by atoms with Gasteiger partial charge in [-0.1, -0.05) is 0 Å². The lowest BCUT2D eigenvalue weighted by Gasteiger charge is -2.10. The molecule has 28 heavy (non-hydrogen) atoms. The quantitative estimate of drug-likeness (QED) is 0.259. The number of benzene rings is 1. The zero-order chi connectivity index (χ0) is 20.9. The molecule has 0 radical (unpaired) electrons. The van der Waals surface area contributed by atoms with Crippen LogP contribution in [0.25, 0.3) is 0 Å². The smallest absolute Gasteiger partial charge is 0.355 e. The average Bonchev–Trinajstić information content (AvgIpc) is 3.08. The minimum absolute atomic E-state index is 0.0687. The van der Waals surface area contributed by atoms with E-state index >= 15 is 0 Å². The molecule has 0 aliphatic carbocycles. The van der Waals surface area contributed by atoms with Crippen molar-refractivity contribution in [2.24, 2.45) is 5.73 Å². The van der Waals surface area contributed by atoms with Gasteiger partial charge >= 0.3 is 5.97 Å². The summed E-state index contributed by atoms with van der Waals surface area (Å²) in [6, 6.07) is 5.20. The Kier molecular flexibility index (Phi) is 6.13. The number of hydrogen-bond acceptors (Lipinski definition) is 8. The highest BCUT2D eigenvalue weighted by atomic mass is 32.2. The number of nitrogens with two attached hydrogens (primary N) is 1. The summed E-state index contributed by atoms with van der Waals surface area (Å²) in [4.78, 5) is 25.9. The van der Waals surface area contributed by atoms with Gasteiger partial charge in [0.15, 0.2) is 16.8 Å². The molecule has 0 bridgehead atoms. The SMILES string of the molecule is N#Cc1cc(S(=O)(=O)Nc2nc(C(=O)O)cs2)ccc1NC(=O)CNC(=N)N. The van der Waals surface area contributed by atoms with Crippen LogP contribution in [-0.4, -0.2) is 42.9 Å². The van der Waals surface area contributed by atoms with Gasteiger partial charge in [0, 0.05) is 5.38 Å². The number of carboxylic acid groups (broad SMARTS) is 1. The number of guanidine groups is 1. The minimum atomic E-state index is -4.14. The fourth-order valence-electron chi connectivity index (χ4n) is 1.85. The van der Waals surface area contributed by atoms with Crippen molar-refractivity contribution in [3.05, 3.63) is 34.8 Å². The molecule has 12 nitrogen and oxygen atoms in total. The molecule has 0 saturated carbocycles. The number of rotatable bonds is 7. The maximum Gasteiger partial charge on any atom is 0.355 e. The van der Waals surface area contributed by atoms with Gasteiger partial charge in [-0.2, -0.15) is 5.26 Å². The molecular weight excluding hydrogens is 410 g/mol. The Labute approximate surface area is 162 Å². The Hall–Kier alpha value is -3.70. The molecule has 0 aliphatic heterocycles. The van der Waals surface area contributed by atoms with Crippen LogP contribution in [0, 0.1) is 16.7 Å². The Balaban J connectivity index is 2.21. The van der Waals surface area contributed by atoms with E-state index in [1.165, 1.54) is 11.4 Å². The number of carboxylic acids is 1. The van der Waals surface area contributed by atoms with Crippen LogP contribution in [0.1, 0.15) is 16.1 Å². The van der Waals surface area contributed by atoms with Crippen LogP contribution in [0.5, 0.6) is 0 Å². The van der Waals surface area contributed by atoms with Gasteiger partial charge in [-0.15, -0.1) is 11.3 Å². The van der Waals surface area contributed by atoms with Gasteiger partial charge in [0.1, 0.15) is 6.07 Å². The second kappa shape index (κ2) is 8.33. The van der Waals surface area contributed by atoms with Gasteiger partial charge in [-0.3, -0.25) is 14.9 Å². The van der Waals surface area contributed by atoms with Crippen molar-refractivity contribution in [1.82, 2.24) is 10.3 Å². The lowest BCUT2D eigenvalue weighted by Crippen LogP contribution is -2.37. The number of amides is 1. The molecule has 0 aliphatic rings. The maximum atomic E-state index is 12.4. The van der Waals surface area contributed by atoms with E-state index in [4.69, 9.17) is 16.2 Å². The normalized spacial score (nSPS) is 10.5. The van der Waals surface area contributed by atoms with Crippen molar-refractivity contribution in [2.45, 2.75) is 4.90 Å². The average molecular weight is 423 g/mol. The summed E-state index contributed by atoms with van der Waals surface area (Å²) in [7, 11) is -4.14. The summed E-state index contributed by atoms with van der Waals surface area (Å²) in [5.41, 5.74) is 4.71. The van der Waals surface area contributed by atoms with E-state index in [0.29, 0.717) is 0 Å². The number of anilines is 2. The van der Waals surface area contributed by atoms with Crippen molar-refractivity contribution >= 4 is 50.0 Å². The lowest BCUT2D eigenvalue weighted by atomic mass is 10.2. The van der Waals surface area contributed by atoms with E-state index in [-0.39, 0.29) is 33.5 Å². The summed E-state index contributed by atoms with van der Waals surface area (Å²) >= 11 is 0.790. The number of hydrogen-bond donors (Lipinski definition) is 6. The second-order valence-electron chi connectivity index (χ2n) is 5.08. The number of aromatic carboxylic acids is 1. The predicted octanol–water partition coefficient (Wildman–Crippen LogP) is -0.0646. The van der Waals surface area contributed by atoms with Crippen LogP contribution in [0.15, 0.2) is 28.5 Å². The molecule has 0 atom stereocenters. The molecule has 0 unspecified atom stereocenters. The number of aromatic nitrogens is 1. The predicted molar refractivity (Wildman–Crippen MR) is 99.6 cm³/mol. The van der Waals surface area contributed by atoms with Crippen molar-refractivity contribution in [2.75, 3.05) is 16.6 Å². The minimum Gasteiger partial charge on any atom is -0.476 e. The highest BCUT2D eigenvalue weighted by molar-refractivity contribution is 7.93. The summed E-state index contributed by atoms with van der Waals surface area (Å²) in [6.07, 6.45) is 0. The fraction of sp³-hybridized carbons (Fsp3) is 0.0714. The molecule has 1 heterocycles. The monoisotopic (exact) mass is 423 g/mol. The number of carbonyl (C=O) groups excluding carboxylic acids is 1. The van der Waals surface area contributed by atoms with Gasteiger partial charge in [0.25, 0.3) is 10.0 Å². The molecule has 0 fully saturated rings. The van der Waals surface area contributed by atoms with E-state index in [2.05, 4.69) is 20.3 Å². The molecule has 1 aromatic carbocycles. The van der Waals surface area contributed by atoms with Gasteiger partial charge in [-0.25, -0.2) is 18.2 Å². The molecule has 0 spiro atoms. The molecule has 146 valence electrons. The summed E-state index contributed by atoms with van der Waals surface area (Å²) < 4.78 is 27.0. The van der Waals surface area contributed by atoms with E-state index in [0.717, 1.165) is 23.5 Å². The summed E-state index contributed by atoms with van der Waals surface area (Å²) in [6.45, 7) is -0.308. The van der Waals surface area contributed by atoms with Gasteiger partial charge in [0.05, 0.1) is 22.7 Å². The van der Waals surface area contributed by atoms with Crippen molar-refractivity contribution < 1.29 is 23.1 Å². The third kappa shape index (κ3) is 5.16. The van der Waals surface area contributed by atoms with Crippen LogP contribution < -0.4 is 21.1 Å². The second-order valence-corrected chi connectivity index (χ2v) is 7.62. The van der Waals surface area contributed by atoms with Crippen molar-refractivity contribution in [1.29, 1.82) is 10.7 Å². The van der Waals surface area contributed by atoms with Crippen LogP contribution in [-0.2, 0) is 14.8 Å².